The highest BCUT2D eigenvalue weighted by Crippen LogP contribution is 2.29. The summed E-state index contributed by atoms with van der Waals surface area (Å²) in [5.74, 6) is -0.0386. The second-order valence-corrected chi connectivity index (χ2v) is 6.84. The summed E-state index contributed by atoms with van der Waals surface area (Å²) in [6, 6.07) is 11.0. The van der Waals surface area contributed by atoms with Crippen molar-refractivity contribution in [3.8, 4) is 5.88 Å². The molecule has 3 rings (SSSR count). The first kappa shape index (κ1) is 18.8. The van der Waals surface area contributed by atoms with E-state index in [0.717, 1.165) is 5.69 Å². The number of carbonyl (C=O) groups excluding carboxylic acids is 2. The Morgan fingerprint density at radius 1 is 1.30 bits per heavy atom. The molecule has 0 saturated carbocycles. The van der Waals surface area contributed by atoms with Crippen molar-refractivity contribution in [2.45, 2.75) is 18.4 Å². The minimum Gasteiger partial charge on any atom is -0.479 e. The van der Waals surface area contributed by atoms with Gasteiger partial charge in [-0.3, -0.25) is 9.59 Å². The number of likely N-dealkylation sites (tertiary alicyclic amines) is 1. The monoisotopic (exact) mass is 372 g/mol. The van der Waals surface area contributed by atoms with E-state index in [2.05, 4.69) is 10.5 Å². The topological polar surface area (TPSA) is 87.9 Å². The number of piperidine rings is 1. The Labute approximate surface area is 158 Å². The van der Waals surface area contributed by atoms with Gasteiger partial charge in [0, 0.05) is 26.3 Å². The molecule has 0 bridgehead atoms. The lowest BCUT2D eigenvalue weighted by molar-refractivity contribution is -0.135. The fraction of sp³-hybridized carbons (Fsp3) is 0.421. The molecule has 2 aromatic rings. The predicted octanol–water partition coefficient (Wildman–Crippen LogP) is 1.86. The highest BCUT2D eigenvalue weighted by atomic mass is 16.5. The lowest BCUT2D eigenvalue weighted by atomic mass is 9.86. The number of anilines is 1. The fourth-order valence-electron chi connectivity index (χ4n) is 3.40. The maximum Gasteiger partial charge on any atom is 0.292 e. The van der Waals surface area contributed by atoms with Crippen molar-refractivity contribution in [3.63, 3.8) is 0 Å². The average Bonchev–Trinajstić information content (AvgIpc) is 3.17. The van der Waals surface area contributed by atoms with Gasteiger partial charge in [-0.2, -0.15) is 0 Å². The number of aromatic nitrogens is 1. The van der Waals surface area contributed by atoms with Gasteiger partial charge in [0.2, 0.25) is 11.7 Å². The largest absolute Gasteiger partial charge is 0.479 e. The third-order valence-electron chi connectivity index (χ3n) is 4.66. The van der Waals surface area contributed by atoms with Gasteiger partial charge in [0.05, 0.1) is 19.7 Å². The molecule has 8 nitrogen and oxygen atoms in total. The SMILES string of the molecule is COc1cc(C(=O)N2CCCC(Nc3ccccc3)(C(=O)N(C)C)C2)on1. The Morgan fingerprint density at radius 2 is 2.04 bits per heavy atom. The van der Waals surface area contributed by atoms with E-state index in [0.29, 0.717) is 19.4 Å². The van der Waals surface area contributed by atoms with E-state index in [1.54, 1.807) is 23.9 Å². The molecular formula is C19H24N4O4. The number of benzene rings is 1. The molecule has 1 aromatic heterocycles. The van der Waals surface area contributed by atoms with Crippen LogP contribution >= 0.6 is 0 Å². The molecule has 0 aliphatic carbocycles. The summed E-state index contributed by atoms with van der Waals surface area (Å²) in [7, 11) is 4.90. The number of methoxy groups -OCH3 is 1. The molecule has 1 fully saturated rings. The number of ether oxygens (including phenoxy) is 1. The van der Waals surface area contributed by atoms with Gasteiger partial charge in [-0.1, -0.05) is 18.2 Å². The third kappa shape index (κ3) is 3.89. The molecule has 1 aliphatic heterocycles. The van der Waals surface area contributed by atoms with Crippen molar-refractivity contribution in [2.24, 2.45) is 0 Å². The molecule has 1 unspecified atom stereocenters. The number of nitrogens with one attached hydrogen (secondary N) is 1. The quantitative estimate of drug-likeness (QED) is 0.862. The zero-order valence-electron chi connectivity index (χ0n) is 15.8. The summed E-state index contributed by atoms with van der Waals surface area (Å²) in [6.07, 6.45) is 1.32. The third-order valence-corrected chi connectivity index (χ3v) is 4.66. The molecule has 1 N–H and O–H groups in total. The van der Waals surface area contributed by atoms with Crippen molar-refractivity contribution >= 4 is 17.5 Å². The number of rotatable bonds is 5. The first-order chi connectivity index (χ1) is 12.9. The lowest BCUT2D eigenvalue weighted by Gasteiger charge is -2.43. The fourth-order valence-corrected chi connectivity index (χ4v) is 3.40. The molecule has 0 radical (unpaired) electrons. The van der Waals surface area contributed by atoms with E-state index in [-0.39, 0.29) is 30.0 Å². The first-order valence-electron chi connectivity index (χ1n) is 8.80. The van der Waals surface area contributed by atoms with E-state index in [9.17, 15) is 9.59 Å². The van der Waals surface area contributed by atoms with Crippen LogP contribution in [0.2, 0.25) is 0 Å². The minimum atomic E-state index is -0.900. The number of nitrogens with zero attached hydrogens (tertiary/aromatic N) is 3. The van der Waals surface area contributed by atoms with Crippen LogP contribution in [0.5, 0.6) is 5.88 Å². The van der Waals surface area contributed by atoms with Crippen molar-refractivity contribution in [1.82, 2.24) is 15.0 Å². The first-order valence-corrected chi connectivity index (χ1v) is 8.80. The van der Waals surface area contributed by atoms with Crippen LogP contribution < -0.4 is 10.1 Å². The maximum atomic E-state index is 13.0. The van der Waals surface area contributed by atoms with Crippen LogP contribution in [0.3, 0.4) is 0 Å². The Hall–Kier alpha value is -3.03. The second-order valence-electron chi connectivity index (χ2n) is 6.84. The smallest absolute Gasteiger partial charge is 0.292 e. The van der Waals surface area contributed by atoms with Crippen molar-refractivity contribution in [1.29, 1.82) is 0 Å². The highest BCUT2D eigenvalue weighted by molar-refractivity contribution is 5.94. The molecule has 27 heavy (non-hydrogen) atoms. The number of hydrogen-bond donors (Lipinski definition) is 1. The van der Waals surface area contributed by atoms with E-state index in [1.807, 2.05) is 30.3 Å². The molecule has 144 valence electrons. The number of carbonyl (C=O) groups is 2. The molecule has 2 heterocycles. The Balaban J connectivity index is 1.87. The lowest BCUT2D eigenvalue weighted by Crippen LogP contribution is -2.62. The Kier molecular flexibility index (Phi) is 5.34. The summed E-state index contributed by atoms with van der Waals surface area (Å²) >= 11 is 0. The standard InChI is InChI=1S/C19H24N4O4/c1-22(2)18(25)19(20-14-8-5-4-6-9-14)10-7-11-23(13-19)17(24)15-12-16(26-3)21-27-15/h4-6,8-9,12,20H,7,10-11,13H2,1-3H3. The average molecular weight is 372 g/mol. The van der Waals surface area contributed by atoms with Gasteiger partial charge in [-0.05, 0) is 30.1 Å². The molecule has 8 heteroatoms. The summed E-state index contributed by atoms with van der Waals surface area (Å²) in [4.78, 5) is 29.1. The second kappa shape index (κ2) is 7.69. The highest BCUT2D eigenvalue weighted by Gasteiger charge is 2.45. The molecule has 1 aromatic carbocycles. The minimum absolute atomic E-state index is 0.0704. The number of amides is 2. The zero-order valence-corrected chi connectivity index (χ0v) is 15.8. The van der Waals surface area contributed by atoms with Crippen LogP contribution in [-0.2, 0) is 4.79 Å². The van der Waals surface area contributed by atoms with Crippen molar-refractivity contribution in [2.75, 3.05) is 39.6 Å². The summed E-state index contributed by atoms with van der Waals surface area (Å²) in [6.45, 7) is 0.779. The number of hydrogen-bond acceptors (Lipinski definition) is 6. The Morgan fingerprint density at radius 3 is 2.67 bits per heavy atom. The van der Waals surface area contributed by atoms with Gasteiger partial charge < -0.3 is 24.4 Å². The van der Waals surface area contributed by atoms with Gasteiger partial charge in [-0.15, -0.1) is 0 Å². The van der Waals surface area contributed by atoms with Gasteiger partial charge >= 0.3 is 0 Å². The molecular weight excluding hydrogens is 348 g/mol. The molecule has 1 aliphatic rings. The van der Waals surface area contributed by atoms with Crippen LogP contribution in [0.15, 0.2) is 40.9 Å². The van der Waals surface area contributed by atoms with Crippen LogP contribution in [0.4, 0.5) is 5.69 Å². The van der Waals surface area contributed by atoms with E-state index in [1.165, 1.54) is 13.2 Å². The summed E-state index contributed by atoms with van der Waals surface area (Å²) in [5, 5.41) is 7.05. The van der Waals surface area contributed by atoms with Gasteiger partial charge in [-0.25, -0.2) is 0 Å². The van der Waals surface area contributed by atoms with Crippen LogP contribution in [0.1, 0.15) is 23.4 Å². The van der Waals surface area contributed by atoms with Gasteiger partial charge in [0.15, 0.2) is 0 Å². The normalized spacial score (nSPS) is 19.4. The van der Waals surface area contributed by atoms with Gasteiger partial charge in [0.25, 0.3) is 11.8 Å². The molecule has 1 atom stereocenters. The number of para-hydroxylation sites is 1. The number of likely N-dealkylation sites (N-methyl/N-ethyl adjacent to an activating group) is 1. The molecule has 0 spiro atoms. The van der Waals surface area contributed by atoms with E-state index >= 15 is 0 Å². The predicted molar refractivity (Wildman–Crippen MR) is 99.7 cm³/mol. The molecule has 2 amide bonds. The van der Waals surface area contributed by atoms with Crippen LogP contribution in [0.25, 0.3) is 0 Å². The van der Waals surface area contributed by atoms with Crippen molar-refractivity contribution in [3.05, 3.63) is 42.2 Å². The van der Waals surface area contributed by atoms with Crippen molar-refractivity contribution < 1.29 is 18.8 Å². The van der Waals surface area contributed by atoms with Crippen LogP contribution in [0, 0.1) is 0 Å². The van der Waals surface area contributed by atoms with E-state index in [4.69, 9.17) is 9.26 Å². The van der Waals surface area contributed by atoms with Crippen LogP contribution in [-0.4, -0.2) is 66.6 Å². The van der Waals surface area contributed by atoms with E-state index < -0.39 is 5.54 Å². The van der Waals surface area contributed by atoms with Gasteiger partial charge in [0.1, 0.15) is 5.54 Å². The summed E-state index contributed by atoms with van der Waals surface area (Å²) in [5.41, 5.74) is -0.0635. The zero-order chi connectivity index (χ0) is 19.4. The Bertz CT molecular complexity index is 805. The molecule has 1 saturated heterocycles. The summed E-state index contributed by atoms with van der Waals surface area (Å²) < 4.78 is 10.1. The maximum absolute atomic E-state index is 13.0.